The predicted octanol–water partition coefficient (Wildman–Crippen LogP) is 2.05. The van der Waals surface area contributed by atoms with Crippen LogP contribution in [0.15, 0.2) is 29.3 Å². The second-order valence-corrected chi connectivity index (χ2v) is 9.19. The van der Waals surface area contributed by atoms with Crippen LogP contribution in [0.5, 0.6) is 5.75 Å². The monoisotopic (exact) mass is 513 g/mol. The highest BCUT2D eigenvalue weighted by atomic mass is 35.5. The first-order chi connectivity index (χ1) is 16.4. The molecule has 35 heavy (non-hydrogen) atoms. The number of hydrogen-bond donors (Lipinski definition) is 4. The summed E-state index contributed by atoms with van der Waals surface area (Å²) in [5, 5.41) is 2.30. The molecule has 3 aliphatic rings. The highest BCUT2D eigenvalue weighted by Crippen LogP contribution is 2.37. The zero-order valence-electron chi connectivity index (χ0n) is 18.6. The Morgan fingerprint density at radius 3 is 2.63 bits per heavy atom. The number of aliphatic imine (C=N–C) groups is 1. The molecule has 3 aliphatic heterocycles. The number of amides is 1. The normalized spacial score (nSPS) is 24.3. The third kappa shape index (κ3) is 5.85. The van der Waals surface area contributed by atoms with Crippen molar-refractivity contribution in [3.05, 3.63) is 40.7 Å². The molecular formula is C21H25ClF3N8O2+. The number of carbonyl (C=O) groups excluding carboxylic acids is 1. The van der Waals surface area contributed by atoms with Crippen molar-refractivity contribution in [1.82, 2.24) is 15.3 Å². The van der Waals surface area contributed by atoms with Gasteiger partial charge in [0.25, 0.3) is 5.91 Å². The van der Waals surface area contributed by atoms with Gasteiger partial charge in [-0.3, -0.25) is 10.1 Å². The van der Waals surface area contributed by atoms with Crippen LogP contribution in [-0.2, 0) is 6.54 Å². The van der Waals surface area contributed by atoms with Crippen LogP contribution in [-0.4, -0.2) is 58.4 Å². The summed E-state index contributed by atoms with van der Waals surface area (Å²) < 4.78 is 42.5. The number of nitrogens with zero attached hydrogens (tertiary/aromatic N) is 4. The Hall–Kier alpha value is -3.32. The summed E-state index contributed by atoms with van der Waals surface area (Å²) in [6, 6.07) is 5.86. The van der Waals surface area contributed by atoms with Crippen molar-refractivity contribution in [2.75, 3.05) is 31.1 Å². The zero-order chi connectivity index (χ0) is 25.4. The topological polar surface area (TPSA) is 155 Å². The quantitative estimate of drug-likeness (QED) is 0.271. The number of ether oxygens (including phenoxy) is 1. The molecule has 3 fully saturated rings. The maximum Gasteiger partial charge on any atom is 0.573 e. The van der Waals surface area contributed by atoms with Crippen molar-refractivity contribution in [2.45, 2.75) is 31.8 Å². The molecule has 5 rings (SSSR count). The number of quaternary nitrogens is 1. The molecule has 7 N–H and O–H groups in total. The van der Waals surface area contributed by atoms with E-state index >= 15 is 0 Å². The lowest BCUT2D eigenvalue weighted by molar-refractivity contribution is -0.955. The fraction of sp³-hybridized carbons (Fsp3) is 0.429. The summed E-state index contributed by atoms with van der Waals surface area (Å²) in [6.07, 6.45) is -2.97. The van der Waals surface area contributed by atoms with Crippen molar-refractivity contribution >= 4 is 35.1 Å². The predicted molar refractivity (Wildman–Crippen MR) is 123 cm³/mol. The largest absolute Gasteiger partial charge is 0.573 e. The minimum atomic E-state index is -4.75. The first-order valence-corrected chi connectivity index (χ1v) is 11.2. The molecule has 0 saturated carbocycles. The van der Waals surface area contributed by atoms with Gasteiger partial charge in [0.1, 0.15) is 24.9 Å². The smallest absolute Gasteiger partial charge is 0.406 e. The molecular weight excluding hydrogens is 489 g/mol. The molecule has 0 unspecified atom stereocenters. The Balaban J connectivity index is 1.45. The molecule has 188 valence electrons. The molecule has 1 aromatic heterocycles. The molecule has 1 amide bonds. The van der Waals surface area contributed by atoms with Gasteiger partial charge in [0.05, 0.1) is 13.1 Å². The lowest BCUT2D eigenvalue weighted by Gasteiger charge is -2.51. The molecule has 0 aliphatic carbocycles. The average Bonchev–Trinajstić information content (AvgIpc) is 2.75. The second kappa shape index (κ2) is 9.38. The van der Waals surface area contributed by atoms with E-state index in [2.05, 4.69) is 25.0 Å². The zero-order valence-corrected chi connectivity index (χ0v) is 19.3. The van der Waals surface area contributed by atoms with Crippen molar-refractivity contribution in [2.24, 2.45) is 16.6 Å². The number of hydrogen-bond acceptors (Lipinski definition) is 7. The summed E-state index contributed by atoms with van der Waals surface area (Å²) in [4.78, 5) is 24.7. The number of carbonyl (C=O) groups is 1. The number of guanidine groups is 1. The van der Waals surface area contributed by atoms with Crippen molar-refractivity contribution in [3.8, 4) is 5.75 Å². The maximum absolute atomic E-state index is 12.6. The van der Waals surface area contributed by atoms with Gasteiger partial charge in [-0.1, -0.05) is 23.7 Å². The van der Waals surface area contributed by atoms with Gasteiger partial charge < -0.3 is 26.4 Å². The molecule has 2 bridgehead atoms. The van der Waals surface area contributed by atoms with Crippen LogP contribution >= 0.6 is 11.6 Å². The highest BCUT2D eigenvalue weighted by Gasteiger charge is 2.46. The van der Waals surface area contributed by atoms with Crippen LogP contribution in [0.25, 0.3) is 0 Å². The van der Waals surface area contributed by atoms with Crippen LogP contribution in [0.3, 0.4) is 0 Å². The van der Waals surface area contributed by atoms with Crippen LogP contribution in [0.1, 0.15) is 28.9 Å². The Bertz CT molecular complexity index is 1150. The van der Waals surface area contributed by atoms with Crippen molar-refractivity contribution in [1.29, 1.82) is 0 Å². The Morgan fingerprint density at radius 1 is 1.23 bits per heavy atom. The summed E-state index contributed by atoms with van der Waals surface area (Å²) in [7, 11) is 0. The van der Waals surface area contributed by atoms with Crippen molar-refractivity contribution in [3.63, 3.8) is 0 Å². The third-order valence-electron chi connectivity index (χ3n) is 6.38. The summed E-state index contributed by atoms with van der Waals surface area (Å²) in [5.41, 5.74) is 17.8. The summed E-state index contributed by atoms with van der Waals surface area (Å²) >= 11 is 5.83. The average molecular weight is 514 g/mol. The van der Waals surface area contributed by atoms with Gasteiger partial charge in [-0.2, -0.15) is 0 Å². The first-order valence-electron chi connectivity index (χ1n) is 10.9. The van der Waals surface area contributed by atoms with E-state index in [4.69, 9.17) is 28.8 Å². The summed E-state index contributed by atoms with van der Waals surface area (Å²) in [5.74, 6) is -1.06. The lowest BCUT2D eigenvalue weighted by Crippen LogP contribution is -2.63. The van der Waals surface area contributed by atoms with Crippen molar-refractivity contribution < 1.29 is 27.2 Å². The molecule has 14 heteroatoms. The molecule has 2 aromatic rings. The van der Waals surface area contributed by atoms with E-state index in [0.717, 1.165) is 31.5 Å². The van der Waals surface area contributed by atoms with E-state index in [1.54, 1.807) is 12.1 Å². The number of aromatic nitrogens is 2. The van der Waals surface area contributed by atoms with E-state index in [9.17, 15) is 18.0 Å². The molecule has 4 heterocycles. The van der Waals surface area contributed by atoms with Crippen LogP contribution < -0.4 is 27.3 Å². The first kappa shape index (κ1) is 24.8. The van der Waals surface area contributed by atoms with Gasteiger partial charge in [-0.15, -0.1) is 13.2 Å². The Morgan fingerprint density at radius 2 is 1.94 bits per heavy atom. The van der Waals surface area contributed by atoms with E-state index in [0.29, 0.717) is 23.5 Å². The number of anilines is 2. The van der Waals surface area contributed by atoms with Gasteiger partial charge in [-0.25, -0.2) is 15.0 Å². The SMILES string of the molecule is NC(=N[C@@H]1C[N+]2(Cc3cccc(OC(F)(F)F)c3)CCC1CC2)NC(=O)c1nc(Cl)c(N)nc1N. The number of rotatable bonds is 5. The minimum Gasteiger partial charge on any atom is -0.406 e. The molecule has 0 radical (unpaired) electrons. The number of benzene rings is 1. The lowest BCUT2D eigenvalue weighted by atomic mass is 9.81. The van der Waals surface area contributed by atoms with Crippen LogP contribution in [0, 0.1) is 5.92 Å². The molecule has 1 atom stereocenters. The third-order valence-corrected chi connectivity index (χ3v) is 6.66. The van der Waals surface area contributed by atoms with Crippen LogP contribution in [0.2, 0.25) is 5.15 Å². The Labute approximate surface area is 203 Å². The second-order valence-electron chi connectivity index (χ2n) is 8.83. The molecule has 10 nitrogen and oxygen atoms in total. The van der Waals surface area contributed by atoms with E-state index in [-0.39, 0.29) is 40.2 Å². The van der Waals surface area contributed by atoms with E-state index in [1.807, 2.05) is 0 Å². The molecule has 1 aromatic carbocycles. The van der Waals surface area contributed by atoms with E-state index in [1.165, 1.54) is 12.1 Å². The van der Waals surface area contributed by atoms with Gasteiger partial charge >= 0.3 is 6.36 Å². The number of nitrogens with two attached hydrogens (primary N) is 3. The van der Waals surface area contributed by atoms with Gasteiger partial charge in [-0.05, 0) is 18.1 Å². The number of halogens is 4. The molecule has 0 spiro atoms. The summed E-state index contributed by atoms with van der Waals surface area (Å²) in [6.45, 7) is 2.93. The number of fused-ring (bicyclic) bond motifs is 3. The standard InChI is InChI=1S/C21H24ClF3N8O2/c22-16-18(27)31-17(26)15(30-16)19(34)32-20(28)29-14-10-33(6-4-12(14)5-7-33)9-11-2-1-3-13(8-11)35-21(23,24)25/h1-3,8,12,14H,4-7,9-10H2,(H6-,26,27,28,29,31,32,34)/p+1/t12?,14-,33?/m1/s1. The maximum atomic E-state index is 12.6. The van der Waals surface area contributed by atoms with Gasteiger partial charge in [0.2, 0.25) is 0 Å². The fourth-order valence-electron chi connectivity index (χ4n) is 4.84. The van der Waals surface area contributed by atoms with E-state index < -0.39 is 12.3 Å². The number of alkyl halides is 3. The Kier molecular flexibility index (Phi) is 6.64. The highest BCUT2D eigenvalue weighted by molar-refractivity contribution is 6.31. The number of piperidine rings is 3. The number of nitrogen functional groups attached to an aromatic ring is 2. The van der Waals surface area contributed by atoms with Crippen LogP contribution in [0.4, 0.5) is 24.8 Å². The molecule has 3 saturated heterocycles. The fourth-order valence-corrected chi connectivity index (χ4v) is 4.97. The minimum absolute atomic E-state index is 0.0957. The van der Waals surface area contributed by atoms with Gasteiger partial charge in [0.15, 0.2) is 28.4 Å². The number of nitrogens with one attached hydrogen (secondary N) is 1. The van der Waals surface area contributed by atoms with Gasteiger partial charge in [0, 0.05) is 18.4 Å².